The standard InChI is InChI=1S/C14H18N2O3/c1-2-11-6-7-12(13(10-11)16(18)19)14(17)15-8-4-3-5-9-15/h6-7,10H,2-5,8-9H2,1H3. The molecule has 0 saturated carbocycles. The van der Waals surface area contributed by atoms with Crippen LogP contribution >= 0.6 is 0 Å². The lowest BCUT2D eigenvalue weighted by Crippen LogP contribution is -2.35. The number of rotatable bonds is 3. The van der Waals surface area contributed by atoms with E-state index in [2.05, 4.69) is 0 Å². The van der Waals surface area contributed by atoms with Gasteiger partial charge in [-0.15, -0.1) is 0 Å². The number of carbonyl (C=O) groups is 1. The predicted octanol–water partition coefficient (Wildman–Crippen LogP) is 2.78. The maximum absolute atomic E-state index is 12.3. The third-order valence-corrected chi connectivity index (χ3v) is 3.54. The average molecular weight is 262 g/mol. The summed E-state index contributed by atoms with van der Waals surface area (Å²) in [4.78, 5) is 24.7. The highest BCUT2D eigenvalue weighted by atomic mass is 16.6. The van der Waals surface area contributed by atoms with Crippen LogP contribution in [0, 0.1) is 10.1 Å². The minimum absolute atomic E-state index is 0.0741. The van der Waals surface area contributed by atoms with Crippen LogP contribution in [-0.4, -0.2) is 28.8 Å². The summed E-state index contributed by atoms with van der Waals surface area (Å²) in [5.74, 6) is -0.214. The number of amides is 1. The minimum Gasteiger partial charge on any atom is -0.338 e. The van der Waals surface area contributed by atoms with Crippen molar-refractivity contribution in [3.63, 3.8) is 0 Å². The molecule has 19 heavy (non-hydrogen) atoms. The predicted molar refractivity (Wildman–Crippen MR) is 72.2 cm³/mol. The van der Waals surface area contributed by atoms with E-state index in [1.54, 1.807) is 17.0 Å². The van der Waals surface area contributed by atoms with E-state index in [0.29, 0.717) is 13.1 Å². The molecule has 0 bridgehead atoms. The van der Waals surface area contributed by atoms with Gasteiger partial charge in [0, 0.05) is 19.2 Å². The minimum atomic E-state index is -0.462. The number of piperidine rings is 1. The molecule has 0 atom stereocenters. The molecular weight excluding hydrogens is 244 g/mol. The van der Waals surface area contributed by atoms with Gasteiger partial charge in [0.1, 0.15) is 5.56 Å². The van der Waals surface area contributed by atoms with Crippen molar-refractivity contribution in [1.82, 2.24) is 4.90 Å². The van der Waals surface area contributed by atoms with Crippen molar-refractivity contribution in [3.05, 3.63) is 39.4 Å². The summed E-state index contributed by atoms with van der Waals surface area (Å²) in [5, 5.41) is 11.1. The van der Waals surface area contributed by atoms with Gasteiger partial charge >= 0.3 is 0 Å². The van der Waals surface area contributed by atoms with Gasteiger partial charge in [0.25, 0.3) is 11.6 Å². The molecule has 5 nitrogen and oxygen atoms in total. The number of nitro groups is 1. The number of hydrogen-bond donors (Lipinski definition) is 0. The summed E-state index contributed by atoms with van der Waals surface area (Å²) in [6.45, 7) is 3.34. The number of hydrogen-bond acceptors (Lipinski definition) is 3. The van der Waals surface area contributed by atoms with Gasteiger partial charge in [0.15, 0.2) is 0 Å². The molecule has 0 unspecified atom stereocenters. The lowest BCUT2D eigenvalue weighted by molar-refractivity contribution is -0.385. The Morgan fingerprint density at radius 3 is 2.58 bits per heavy atom. The maximum Gasteiger partial charge on any atom is 0.282 e. The zero-order valence-corrected chi connectivity index (χ0v) is 11.1. The molecule has 102 valence electrons. The Balaban J connectivity index is 2.32. The Morgan fingerprint density at radius 2 is 2.00 bits per heavy atom. The normalized spacial score (nSPS) is 15.3. The van der Waals surface area contributed by atoms with E-state index in [-0.39, 0.29) is 17.2 Å². The van der Waals surface area contributed by atoms with Crippen LogP contribution in [0.5, 0.6) is 0 Å². The quantitative estimate of drug-likeness (QED) is 0.621. The largest absolute Gasteiger partial charge is 0.338 e. The Bertz CT molecular complexity index is 493. The topological polar surface area (TPSA) is 63.5 Å². The second kappa shape index (κ2) is 5.82. The Morgan fingerprint density at radius 1 is 1.32 bits per heavy atom. The average Bonchev–Trinajstić information content (AvgIpc) is 2.46. The Labute approximate surface area is 112 Å². The van der Waals surface area contributed by atoms with Gasteiger partial charge in [0.2, 0.25) is 0 Å². The summed E-state index contributed by atoms with van der Waals surface area (Å²) >= 11 is 0. The number of nitro benzene ring substituents is 1. The van der Waals surface area contributed by atoms with E-state index < -0.39 is 4.92 Å². The van der Waals surface area contributed by atoms with Crippen LogP contribution in [0.3, 0.4) is 0 Å². The van der Waals surface area contributed by atoms with Crippen LogP contribution in [-0.2, 0) is 6.42 Å². The van der Waals surface area contributed by atoms with E-state index >= 15 is 0 Å². The highest BCUT2D eigenvalue weighted by molar-refractivity contribution is 5.98. The molecule has 1 fully saturated rings. The van der Waals surface area contributed by atoms with E-state index in [1.807, 2.05) is 6.92 Å². The van der Waals surface area contributed by atoms with Gasteiger partial charge in [-0.05, 0) is 37.3 Å². The number of benzene rings is 1. The monoisotopic (exact) mass is 262 g/mol. The fourth-order valence-electron chi connectivity index (χ4n) is 2.40. The van der Waals surface area contributed by atoms with Gasteiger partial charge in [-0.2, -0.15) is 0 Å². The molecule has 1 aromatic carbocycles. The fraction of sp³-hybridized carbons (Fsp3) is 0.500. The van der Waals surface area contributed by atoms with Gasteiger partial charge in [-0.3, -0.25) is 14.9 Å². The molecule has 0 aliphatic carbocycles. The molecular formula is C14H18N2O3. The second-order valence-corrected chi connectivity index (χ2v) is 4.82. The van der Waals surface area contributed by atoms with Crippen molar-refractivity contribution in [3.8, 4) is 0 Å². The van der Waals surface area contributed by atoms with Gasteiger partial charge in [0.05, 0.1) is 4.92 Å². The Hall–Kier alpha value is -1.91. The van der Waals surface area contributed by atoms with E-state index in [1.165, 1.54) is 6.07 Å². The van der Waals surface area contributed by atoms with Crippen LogP contribution in [0.15, 0.2) is 18.2 Å². The Kier molecular flexibility index (Phi) is 4.14. The highest BCUT2D eigenvalue weighted by Crippen LogP contribution is 2.23. The zero-order chi connectivity index (χ0) is 13.8. The van der Waals surface area contributed by atoms with Crippen LogP contribution in [0.25, 0.3) is 0 Å². The van der Waals surface area contributed by atoms with E-state index in [4.69, 9.17) is 0 Å². The van der Waals surface area contributed by atoms with Crippen molar-refractivity contribution in [2.45, 2.75) is 32.6 Å². The number of carbonyl (C=O) groups excluding carboxylic acids is 1. The third kappa shape index (κ3) is 2.92. The van der Waals surface area contributed by atoms with E-state index in [0.717, 1.165) is 31.2 Å². The van der Waals surface area contributed by atoms with Gasteiger partial charge < -0.3 is 4.90 Å². The highest BCUT2D eigenvalue weighted by Gasteiger charge is 2.25. The summed E-state index contributed by atoms with van der Waals surface area (Å²) in [6, 6.07) is 4.90. The first-order chi connectivity index (χ1) is 9.13. The van der Waals surface area contributed by atoms with Crippen molar-refractivity contribution in [2.75, 3.05) is 13.1 Å². The first-order valence-electron chi connectivity index (χ1n) is 6.70. The van der Waals surface area contributed by atoms with Crippen molar-refractivity contribution in [2.24, 2.45) is 0 Å². The molecule has 1 amide bonds. The van der Waals surface area contributed by atoms with Crippen molar-refractivity contribution in [1.29, 1.82) is 0 Å². The van der Waals surface area contributed by atoms with E-state index in [9.17, 15) is 14.9 Å². The number of nitrogens with zero attached hydrogens (tertiary/aromatic N) is 2. The number of aryl methyl sites for hydroxylation is 1. The second-order valence-electron chi connectivity index (χ2n) is 4.82. The third-order valence-electron chi connectivity index (χ3n) is 3.54. The molecule has 1 heterocycles. The molecule has 1 aliphatic heterocycles. The van der Waals surface area contributed by atoms with Crippen LogP contribution < -0.4 is 0 Å². The molecule has 0 N–H and O–H groups in total. The van der Waals surface area contributed by atoms with Crippen LogP contribution in [0.4, 0.5) is 5.69 Å². The SMILES string of the molecule is CCc1ccc(C(=O)N2CCCCC2)c([N+](=O)[O-])c1. The lowest BCUT2D eigenvalue weighted by Gasteiger charge is -2.26. The number of likely N-dealkylation sites (tertiary alicyclic amines) is 1. The van der Waals surface area contributed by atoms with Crippen LogP contribution in [0.2, 0.25) is 0 Å². The van der Waals surface area contributed by atoms with Gasteiger partial charge in [-0.1, -0.05) is 13.0 Å². The molecule has 0 radical (unpaired) electrons. The summed E-state index contributed by atoms with van der Waals surface area (Å²) in [7, 11) is 0. The molecule has 1 aliphatic rings. The van der Waals surface area contributed by atoms with Crippen LogP contribution in [0.1, 0.15) is 42.1 Å². The summed E-state index contributed by atoms with van der Waals surface area (Å²) in [6.07, 6.45) is 3.80. The summed E-state index contributed by atoms with van der Waals surface area (Å²) in [5.41, 5.74) is 1.01. The summed E-state index contributed by atoms with van der Waals surface area (Å²) < 4.78 is 0. The molecule has 2 rings (SSSR count). The van der Waals surface area contributed by atoms with Crippen molar-refractivity contribution < 1.29 is 9.72 Å². The first-order valence-corrected chi connectivity index (χ1v) is 6.70. The fourth-order valence-corrected chi connectivity index (χ4v) is 2.40. The smallest absolute Gasteiger partial charge is 0.282 e. The first kappa shape index (κ1) is 13.5. The molecule has 1 aromatic rings. The van der Waals surface area contributed by atoms with Crippen molar-refractivity contribution >= 4 is 11.6 Å². The molecule has 1 saturated heterocycles. The molecule has 0 aromatic heterocycles. The lowest BCUT2D eigenvalue weighted by atomic mass is 10.0. The molecule has 0 spiro atoms. The van der Waals surface area contributed by atoms with Gasteiger partial charge in [-0.25, -0.2) is 0 Å². The maximum atomic E-state index is 12.3. The molecule has 5 heteroatoms. The zero-order valence-electron chi connectivity index (χ0n) is 11.1.